The van der Waals surface area contributed by atoms with Crippen molar-refractivity contribution in [2.75, 3.05) is 26.0 Å². The molecule has 3 atom stereocenters. The fraction of sp³-hybridized carbons (Fsp3) is 1.00. The summed E-state index contributed by atoms with van der Waals surface area (Å²) in [5.41, 5.74) is 0.210. The van der Waals surface area contributed by atoms with Gasteiger partial charge in [0, 0.05) is 24.4 Å². The Bertz CT molecular complexity index is 298. The highest BCUT2D eigenvalue weighted by atomic mass is 32.2. The maximum atomic E-state index is 11.2. The Balaban J connectivity index is 1.96. The first-order valence-electron chi connectivity index (χ1n) is 6.48. The highest BCUT2D eigenvalue weighted by Crippen LogP contribution is 2.39. The number of nitrogens with zero attached hydrogens (tertiary/aromatic N) is 1. The van der Waals surface area contributed by atoms with E-state index in [1.807, 2.05) is 0 Å². The maximum absolute atomic E-state index is 11.2. The van der Waals surface area contributed by atoms with Crippen LogP contribution in [-0.2, 0) is 15.7 Å². The number of hydrogen-bond donors (Lipinski definition) is 1. The van der Waals surface area contributed by atoms with Gasteiger partial charge in [-0.25, -0.2) is 8.93 Å². The summed E-state index contributed by atoms with van der Waals surface area (Å²) < 4.78 is 20.2. The standard InChI is InChI=1S/C12H24N2O2S/c1-10(2)16-9-12-5-4-6-14(12)8-11(7-12)13-17(3)15/h10-11,13H,4-9H2,1-3H3. The van der Waals surface area contributed by atoms with Crippen LogP contribution in [0.4, 0.5) is 0 Å². The molecule has 2 rings (SSSR count). The van der Waals surface area contributed by atoms with E-state index in [2.05, 4.69) is 23.5 Å². The molecule has 2 aliphatic heterocycles. The van der Waals surface area contributed by atoms with E-state index in [4.69, 9.17) is 4.74 Å². The van der Waals surface area contributed by atoms with Gasteiger partial charge in [-0.3, -0.25) is 4.90 Å². The summed E-state index contributed by atoms with van der Waals surface area (Å²) in [5.74, 6) is 0. The van der Waals surface area contributed by atoms with Gasteiger partial charge in [-0.2, -0.15) is 0 Å². The van der Waals surface area contributed by atoms with Gasteiger partial charge in [-0.15, -0.1) is 0 Å². The summed E-state index contributed by atoms with van der Waals surface area (Å²) in [6.45, 7) is 7.17. The third kappa shape index (κ3) is 3.08. The molecule has 0 saturated carbocycles. The zero-order valence-corrected chi connectivity index (χ0v) is 11.9. The van der Waals surface area contributed by atoms with Gasteiger partial charge in [-0.1, -0.05) is 0 Å². The predicted molar refractivity (Wildman–Crippen MR) is 70.2 cm³/mol. The van der Waals surface area contributed by atoms with Crippen LogP contribution in [0.3, 0.4) is 0 Å². The third-order valence-electron chi connectivity index (χ3n) is 3.83. The van der Waals surface area contributed by atoms with E-state index >= 15 is 0 Å². The van der Waals surface area contributed by atoms with Crippen molar-refractivity contribution in [3.8, 4) is 0 Å². The SMILES string of the molecule is CC(C)OCC12CCCN1CC(NS(C)=O)C2. The topological polar surface area (TPSA) is 41.6 Å². The van der Waals surface area contributed by atoms with Gasteiger partial charge in [0.25, 0.3) is 0 Å². The maximum Gasteiger partial charge on any atom is 0.0886 e. The fourth-order valence-corrected chi connectivity index (χ4v) is 3.78. The molecule has 0 amide bonds. The average Bonchev–Trinajstić information content (AvgIpc) is 2.70. The van der Waals surface area contributed by atoms with E-state index in [0.29, 0.717) is 12.1 Å². The first-order chi connectivity index (χ1) is 8.02. The number of ether oxygens (including phenoxy) is 1. The van der Waals surface area contributed by atoms with Crippen LogP contribution in [0.25, 0.3) is 0 Å². The Morgan fingerprint density at radius 3 is 3.00 bits per heavy atom. The van der Waals surface area contributed by atoms with Crippen LogP contribution in [0.2, 0.25) is 0 Å². The van der Waals surface area contributed by atoms with Crippen molar-refractivity contribution in [3.63, 3.8) is 0 Å². The van der Waals surface area contributed by atoms with Crippen molar-refractivity contribution in [2.45, 2.75) is 50.8 Å². The summed E-state index contributed by atoms with van der Waals surface area (Å²) in [5, 5.41) is 0. The fourth-order valence-electron chi connectivity index (χ4n) is 3.16. The molecule has 2 saturated heterocycles. The quantitative estimate of drug-likeness (QED) is 0.798. The molecule has 5 heteroatoms. The lowest BCUT2D eigenvalue weighted by Gasteiger charge is -2.32. The van der Waals surface area contributed by atoms with Gasteiger partial charge in [-0.05, 0) is 39.7 Å². The molecule has 100 valence electrons. The summed E-state index contributed by atoms with van der Waals surface area (Å²) in [7, 11) is -0.912. The second kappa shape index (κ2) is 5.34. The van der Waals surface area contributed by atoms with Crippen molar-refractivity contribution in [1.82, 2.24) is 9.62 Å². The van der Waals surface area contributed by atoms with Gasteiger partial charge in [0.15, 0.2) is 0 Å². The summed E-state index contributed by atoms with van der Waals surface area (Å²) in [6, 6.07) is 0.358. The van der Waals surface area contributed by atoms with Crippen LogP contribution in [0, 0.1) is 0 Å². The van der Waals surface area contributed by atoms with E-state index in [1.54, 1.807) is 6.26 Å². The predicted octanol–water partition coefficient (Wildman–Crippen LogP) is 0.901. The lowest BCUT2D eigenvalue weighted by Crippen LogP contribution is -2.43. The molecule has 0 spiro atoms. The van der Waals surface area contributed by atoms with Gasteiger partial charge < -0.3 is 4.74 Å². The zero-order chi connectivity index (χ0) is 12.5. The van der Waals surface area contributed by atoms with Gasteiger partial charge in [0.2, 0.25) is 0 Å². The van der Waals surface area contributed by atoms with Crippen molar-refractivity contribution in [3.05, 3.63) is 0 Å². The molecule has 0 aliphatic carbocycles. The molecule has 0 aromatic rings. The molecule has 0 aromatic heterocycles. The van der Waals surface area contributed by atoms with Crippen LogP contribution in [-0.4, -0.2) is 52.7 Å². The Morgan fingerprint density at radius 1 is 1.59 bits per heavy atom. The minimum absolute atomic E-state index is 0.210. The van der Waals surface area contributed by atoms with E-state index in [9.17, 15) is 4.21 Å². The molecule has 2 heterocycles. The Hall–Kier alpha value is 0.0300. The largest absolute Gasteiger partial charge is 0.377 e. The van der Waals surface area contributed by atoms with E-state index in [1.165, 1.54) is 12.8 Å². The first-order valence-corrected chi connectivity index (χ1v) is 8.04. The number of hydrogen-bond acceptors (Lipinski definition) is 3. The van der Waals surface area contributed by atoms with E-state index in [0.717, 1.165) is 26.1 Å². The Labute approximate surface area is 107 Å². The average molecular weight is 260 g/mol. The van der Waals surface area contributed by atoms with Crippen molar-refractivity contribution in [1.29, 1.82) is 0 Å². The van der Waals surface area contributed by atoms with Crippen LogP contribution in [0.5, 0.6) is 0 Å². The monoisotopic (exact) mass is 260 g/mol. The molecule has 0 aromatic carbocycles. The highest BCUT2D eigenvalue weighted by molar-refractivity contribution is 7.82. The Kier molecular flexibility index (Phi) is 4.23. The number of nitrogens with one attached hydrogen (secondary N) is 1. The molecule has 4 nitrogen and oxygen atoms in total. The van der Waals surface area contributed by atoms with Crippen LogP contribution in [0.1, 0.15) is 33.1 Å². The highest BCUT2D eigenvalue weighted by Gasteiger charge is 2.48. The molecule has 0 bridgehead atoms. The molecular weight excluding hydrogens is 236 g/mol. The van der Waals surface area contributed by atoms with Gasteiger partial charge in [0.1, 0.15) is 0 Å². The normalized spacial score (nSPS) is 35.4. The van der Waals surface area contributed by atoms with E-state index < -0.39 is 11.0 Å². The minimum atomic E-state index is -0.912. The molecule has 2 fully saturated rings. The number of fused-ring (bicyclic) bond motifs is 1. The zero-order valence-electron chi connectivity index (χ0n) is 11.1. The van der Waals surface area contributed by atoms with Gasteiger partial charge in [0.05, 0.1) is 23.7 Å². The second-order valence-corrected chi connectivity index (χ2v) is 6.75. The minimum Gasteiger partial charge on any atom is -0.377 e. The summed E-state index contributed by atoms with van der Waals surface area (Å²) in [6.07, 6.45) is 5.55. The van der Waals surface area contributed by atoms with Crippen molar-refractivity contribution in [2.24, 2.45) is 0 Å². The number of rotatable bonds is 5. The van der Waals surface area contributed by atoms with Crippen LogP contribution >= 0.6 is 0 Å². The summed E-state index contributed by atoms with van der Waals surface area (Å²) >= 11 is 0. The van der Waals surface area contributed by atoms with Crippen molar-refractivity contribution < 1.29 is 8.95 Å². The van der Waals surface area contributed by atoms with E-state index in [-0.39, 0.29) is 5.54 Å². The smallest absolute Gasteiger partial charge is 0.0886 e. The molecule has 17 heavy (non-hydrogen) atoms. The van der Waals surface area contributed by atoms with Crippen molar-refractivity contribution >= 4 is 11.0 Å². The van der Waals surface area contributed by atoms with Crippen LogP contribution in [0.15, 0.2) is 0 Å². The van der Waals surface area contributed by atoms with Gasteiger partial charge >= 0.3 is 0 Å². The third-order valence-corrected chi connectivity index (χ3v) is 4.49. The first kappa shape index (κ1) is 13.5. The lowest BCUT2D eigenvalue weighted by atomic mass is 9.94. The second-order valence-electron chi connectivity index (χ2n) is 5.61. The lowest BCUT2D eigenvalue weighted by molar-refractivity contribution is 0.00302. The molecule has 0 radical (unpaired) electrons. The van der Waals surface area contributed by atoms with Crippen LogP contribution < -0.4 is 4.72 Å². The molecule has 2 aliphatic rings. The molecule has 3 unspecified atom stereocenters. The molecular formula is C12H24N2O2S. The molecule has 1 N–H and O–H groups in total. The summed E-state index contributed by atoms with van der Waals surface area (Å²) in [4.78, 5) is 2.53. The Morgan fingerprint density at radius 2 is 2.35 bits per heavy atom.